The molecule has 0 aliphatic carbocycles. The number of rotatable bonds is 6. The molecule has 2 aromatic rings. The van der Waals surface area contributed by atoms with Crippen LogP contribution in [0.4, 0.5) is 4.79 Å². The summed E-state index contributed by atoms with van der Waals surface area (Å²) in [5.74, 6) is 2.59. The van der Waals surface area contributed by atoms with Crippen LogP contribution in [-0.2, 0) is 18.5 Å². The van der Waals surface area contributed by atoms with E-state index in [1.807, 2.05) is 51.4 Å². The van der Waals surface area contributed by atoms with Crippen molar-refractivity contribution in [1.82, 2.24) is 25.4 Å². The quantitative estimate of drug-likeness (QED) is 0.851. The minimum absolute atomic E-state index is 0.0518. The first-order valence-corrected chi connectivity index (χ1v) is 8.25. The second kappa shape index (κ2) is 7.51. The first kappa shape index (κ1) is 18.0. The Bertz CT molecular complexity index is 669. The number of amides is 2. The molecule has 0 aliphatic heterocycles. The van der Waals surface area contributed by atoms with Gasteiger partial charge in [-0.15, -0.1) is 0 Å². The zero-order chi connectivity index (χ0) is 17.7. The number of nitrogens with zero attached hydrogens (tertiary/aromatic N) is 3. The fraction of sp³-hybridized carbons (Fsp3) is 0.588. The van der Waals surface area contributed by atoms with Crippen molar-refractivity contribution in [3.05, 3.63) is 35.8 Å². The Hall–Kier alpha value is -2.31. The molecule has 0 saturated carbocycles. The van der Waals surface area contributed by atoms with Crippen molar-refractivity contribution in [2.24, 2.45) is 0 Å². The van der Waals surface area contributed by atoms with E-state index >= 15 is 0 Å². The molecule has 0 saturated heterocycles. The third-order valence-electron chi connectivity index (χ3n) is 3.66. The topological polar surface area (TPSA) is 85.0 Å². The number of nitrogens with one attached hydrogen (secondary N) is 2. The van der Waals surface area contributed by atoms with Crippen molar-refractivity contribution in [3.63, 3.8) is 0 Å². The van der Waals surface area contributed by atoms with Crippen LogP contribution < -0.4 is 10.6 Å². The first-order valence-electron chi connectivity index (χ1n) is 8.25. The summed E-state index contributed by atoms with van der Waals surface area (Å²) in [4.78, 5) is 16.2. The molecule has 2 amide bonds. The lowest BCUT2D eigenvalue weighted by molar-refractivity contribution is 0.235. The molecule has 2 rings (SSSR count). The molecule has 0 aliphatic rings. The number of aryl methyl sites for hydroxylation is 2. The van der Waals surface area contributed by atoms with E-state index in [2.05, 4.69) is 20.7 Å². The molecule has 0 fully saturated rings. The smallest absolute Gasteiger partial charge is 0.315 e. The molecule has 0 aromatic carbocycles. The summed E-state index contributed by atoms with van der Waals surface area (Å²) in [5.41, 5.74) is -0.168. The normalized spacial score (nSPS) is 12.9. The monoisotopic (exact) mass is 333 g/mol. The van der Waals surface area contributed by atoms with Gasteiger partial charge in [0.1, 0.15) is 23.7 Å². The number of carbonyl (C=O) groups is 1. The van der Waals surface area contributed by atoms with Crippen LogP contribution in [0, 0.1) is 6.92 Å². The average molecular weight is 333 g/mol. The van der Waals surface area contributed by atoms with Gasteiger partial charge in [-0.2, -0.15) is 5.10 Å². The lowest BCUT2D eigenvalue weighted by Gasteiger charge is -2.21. The Morgan fingerprint density at radius 1 is 1.38 bits per heavy atom. The summed E-state index contributed by atoms with van der Waals surface area (Å²) < 4.78 is 7.35. The largest absolute Gasteiger partial charge is 0.466 e. The van der Waals surface area contributed by atoms with E-state index in [1.54, 1.807) is 0 Å². The molecular weight excluding hydrogens is 306 g/mol. The van der Waals surface area contributed by atoms with Gasteiger partial charge in [-0.3, -0.25) is 0 Å². The third kappa shape index (κ3) is 5.11. The second-order valence-electron chi connectivity index (χ2n) is 7.04. The Balaban J connectivity index is 1.76. The minimum atomic E-state index is -0.207. The van der Waals surface area contributed by atoms with Gasteiger partial charge in [0.05, 0.1) is 12.1 Å². The Labute approximate surface area is 142 Å². The maximum Gasteiger partial charge on any atom is 0.315 e. The van der Waals surface area contributed by atoms with E-state index < -0.39 is 0 Å². The third-order valence-corrected chi connectivity index (χ3v) is 3.66. The van der Waals surface area contributed by atoms with Crippen LogP contribution in [0.15, 0.2) is 22.9 Å². The summed E-state index contributed by atoms with van der Waals surface area (Å²) in [6, 6.07) is 3.77. The van der Waals surface area contributed by atoms with Gasteiger partial charge in [-0.05, 0) is 53.2 Å². The average Bonchev–Trinajstić information content (AvgIpc) is 3.11. The Kier molecular flexibility index (Phi) is 5.64. The summed E-state index contributed by atoms with van der Waals surface area (Å²) in [7, 11) is 0. The molecule has 0 radical (unpaired) electrons. The zero-order valence-corrected chi connectivity index (χ0v) is 15.1. The fourth-order valence-electron chi connectivity index (χ4n) is 2.43. The highest BCUT2D eigenvalue weighted by atomic mass is 16.3. The van der Waals surface area contributed by atoms with Crippen LogP contribution >= 0.6 is 0 Å². The van der Waals surface area contributed by atoms with Crippen LogP contribution in [-0.4, -0.2) is 26.8 Å². The molecule has 24 heavy (non-hydrogen) atoms. The molecule has 2 N–H and O–H groups in total. The molecule has 7 nitrogen and oxygen atoms in total. The number of carbonyl (C=O) groups excluding carboxylic acids is 1. The van der Waals surface area contributed by atoms with Crippen molar-refractivity contribution in [2.45, 2.75) is 65.6 Å². The number of furan rings is 1. The predicted molar refractivity (Wildman–Crippen MR) is 91.6 cm³/mol. The molecule has 0 spiro atoms. The lowest BCUT2D eigenvalue weighted by atomic mass is 10.1. The van der Waals surface area contributed by atoms with Gasteiger partial charge >= 0.3 is 6.03 Å². The highest BCUT2D eigenvalue weighted by Crippen LogP contribution is 2.13. The number of hydrogen-bond donors (Lipinski definition) is 2. The van der Waals surface area contributed by atoms with Crippen molar-refractivity contribution < 1.29 is 9.21 Å². The molecular formula is C17H27N5O2. The van der Waals surface area contributed by atoms with E-state index in [4.69, 9.17) is 4.42 Å². The van der Waals surface area contributed by atoms with E-state index in [-0.39, 0.29) is 17.6 Å². The summed E-state index contributed by atoms with van der Waals surface area (Å²) in [5, 5.41) is 9.98. The number of urea groups is 1. The van der Waals surface area contributed by atoms with Crippen LogP contribution in [0.5, 0.6) is 0 Å². The van der Waals surface area contributed by atoms with Gasteiger partial charge < -0.3 is 15.1 Å². The number of hydrogen-bond acceptors (Lipinski definition) is 4. The van der Waals surface area contributed by atoms with Gasteiger partial charge in [0.2, 0.25) is 0 Å². The summed E-state index contributed by atoms with van der Waals surface area (Å²) in [6.45, 7) is 10.4. The molecule has 132 valence electrons. The maximum atomic E-state index is 12.0. The van der Waals surface area contributed by atoms with Gasteiger partial charge in [-0.25, -0.2) is 14.5 Å². The van der Waals surface area contributed by atoms with Crippen molar-refractivity contribution in [3.8, 4) is 0 Å². The Morgan fingerprint density at radius 2 is 2.12 bits per heavy atom. The second-order valence-corrected chi connectivity index (χ2v) is 7.04. The highest BCUT2D eigenvalue weighted by Gasteiger charge is 2.18. The highest BCUT2D eigenvalue weighted by molar-refractivity contribution is 5.74. The predicted octanol–water partition coefficient (Wildman–Crippen LogP) is 2.76. The van der Waals surface area contributed by atoms with Gasteiger partial charge in [-0.1, -0.05) is 0 Å². The van der Waals surface area contributed by atoms with Crippen molar-refractivity contribution in [2.75, 3.05) is 0 Å². The fourth-order valence-corrected chi connectivity index (χ4v) is 2.43. The van der Waals surface area contributed by atoms with E-state index in [0.717, 1.165) is 30.2 Å². The molecule has 2 heterocycles. The molecule has 0 bridgehead atoms. The molecule has 0 unspecified atom stereocenters. The zero-order valence-electron chi connectivity index (χ0n) is 15.1. The SMILES string of the molecule is Cc1ccc(CC[C@H](C)NC(=O)NCc2ncnn2C(C)(C)C)o1. The van der Waals surface area contributed by atoms with E-state index in [9.17, 15) is 4.79 Å². The van der Waals surface area contributed by atoms with Gasteiger partial charge in [0.15, 0.2) is 0 Å². The maximum absolute atomic E-state index is 12.0. The number of aromatic nitrogens is 3. The molecule has 1 atom stereocenters. The minimum Gasteiger partial charge on any atom is -0.466 e. The molecule has 2 aromatic heterocycles. The van der Waals surface area contributed by atoms with Crippen LogP contribution in [0.2, 0.25) is 0 Å². The Morgan fingerprint density at radius 3 is 2.75 bits per heavy atom. The van der Waals surface area contributed by atoms with Crippen molar-refractivity contribution >= 4 is 6.03 Å². The van der Waals surface area contributed by atoms with Crippen molar-refractivity contribution in [1.29, 1.82) is 0 Å². The van der Waals surface area contributed by atoms with Gasteiger partial charge in [0.25, 0.3) is 0 Å². The van der Waals surface area contributed by atoms with E-state index in [0.29, 0.717) is 6.54 Å². The first-order chi connectivity index (χ1) is 11.3. The summed E-state index contributed by atoms with van der Waals surface area (Å²) >= 11 is 0. The van der Waals surface area contributed by atoms with Crippen LogP contribution in [0.3, 0.4) is 0 Å². The van der Waals surface area contributed by atoms with E-state index in [1.165, 1.54) is 6.33 Å². The summed E-state index contributed by atoms with van der Waals surface area (Å²) in [6.07, 6.45) is 3.13. The molecule has 7 heteroatoms. The van der Waals surface area contributed by atoms with Crippen LogP contribution in [0.25, 0.3) is 0 Å². The van der Waals surface area contributed by atoms with Crippen LogP contribution in [0.1, 0.15) is 51.5 Å². The standard InChI is InChI=1S/C17H27N5O2/c1-12(6-8-14-9-7-13(2)24-14)21-16(23)18-10-15-19-11-20-22(15)17(3,4)5/h7,9,11-12H,6,8,10H2,1-5H3,(H2,18,21,23)/t12-/m0/s1. The lowest BCUT2D eigenvalue weighted by Crippen LogP contribution is -2.41. The van der Waals surface area contributed by atoms with Gasteiger partial charge in [0, 0.05) is 12.5 Å².